The van der Waals surface area contributed by atoms with E-state index in [1.165, 1.54) is 30.8 Å². The van der Waals surface area contributed by atoms with Gasteiger partial charge in [-0.3, -0.25) is 4.68 Å². The van der Waals surface area contributed by atoms with Crippen LogP contribution in [0, 0.1) is 42.2 Å². The summed E-state index contributed by atoms with van der Waals surface area (Å²) in [6.45, 7) is 3.07. The monoisotopic (exact) mass is 404 g/mol. The van der Waals surface area contributed by atoms with Gasteiger partial charge in [0.1, 0.15) is 41.2 Å². The first kappa shape index (κ1) is 20.4. The summed E-state index contributed by atoms with van der Waals surface area (Å²) in [6, 6.07) is 4.87. The minimum absolute atomic E-state index is 0.00201. The third kappa shape index (κ3) is 3.82. The van der Waals surface area contributed by atoms with Gasteiger partial charge in [-0.05, 0) is 19.1 Å². The molecule has 0 spiro atoms. The van der Waals surface area contributed by atoms with Crippen molar-refractivity contribution in [2.24, 2.45) is 7.05 Å². The van der Waals surface area contributed by atoms with Gasteiger partial charge >= 0.3 is 0 Å². The number of aromatic nitrogens is 2. The van der Waals surface area contributed by atoms with Crippen LogP contribution >= 0.6 is 0 Å². The van der Waals surface area contributed by atoms with Gasteiger partial charge in [0.2, 0.25) is 0 Å². The standard InChI is InChI=1S/C21H16F4N2O2/c1-4-7-29-13-5-6-14(15(23)10-13)20-18(11(2)26-27(20)3)21(28)19-16(24)8-12(22)9-17(19)25/h5-6,8-10,21,28H,1-3H3. The number of aliphatic hydroxyl groups is 1. The molecular formula is C21H16F4N2O2. The summed E-state index contributed by atoms with van der Waals surface area (Å²) < 4.78 is 62.7. The second kappa shape index (κ2) is 7.97. The van der Waals surface area contributed by atoms with Gasteiger partial charge in [-0.2, -0.15) is 5.10 Å². The van der Waals surface area contributed by atoms with Crippen molar-refractivity contribution >= 4 is 0 Å². The van der Waals surface area contributed by atoms with Gasteiger partial charge in [0.15, 0.2) is 0 Å². The van der Waals surface area contributed by atoms with Crippen LogP contribution in [0.5, 0.6) is 5.75 Å². The predicted molar refractivity (Wildman–Crippen MR) is 97.8 cm³/mol. The van der Waals surface area contributed by atoms with E-state index < -0.39 is 34.9 Å². The highest BCUT2D eigenvalue weighted by Crippen LogP contribution is 2.37. The summed E-state index contributed by atoms with van der Waals surface area (Å²) in [7, 11) is 1.50. The fraction of sp³-hybridized carbons (Fsp3) is 0.190. The van der Waals surface area contributed by atoms with Crippen molar-refractivity contribution in [1.82, 2.24) is 9.78 Å². The van der Waals surface area contributed by atoms with E-state index >= 15 is 0 Å². The molecule has 0 saturated carbocycles. The van der Waals surface area contributed by atoms with E-state index in [1.54, 1.807) is 6.92 Å². The third-order valence-corrected chi connectivity index (χ3v) is 4.33. The lowest BCUT2D eigenvalue weighted by molar-refractivity contribution is 0.208. The summed E-state index contributed by atoms with van der Waals surface area (Å²) in [4.78, 5) is 0. The van der Waals surface area contributed by atoms with Gasteiger partial charge in [0.25, 0.3) is 0 Å². The number of hydrogen-bond donors (Lipinski definition) is 1. The fourth-order valence-electron chi connectivity index (χ4n) is 3.14. The number of ether oxygens (including phenoxy) is 1. The Hall–Kier alpha value is -3.31. The second-order valence-corrected chi connectivity index (χ2v) is 6.25. The lowest BCUT2D eigenvalue weighted by Crippen LogP contribution is -2.09. The van der Waals surface area contributed by atoms with E-state index in [-0.39, 0.29) is 28.3 Å². The van der Waals surface area contributed by atoms with Gasteiger partial charge < -0.3 is 9.84 Å². The average Bonchev–Trinajstić information content (AvgIpc) is 2.93. The van der Waals surface area contributed by atoms with Crippen LogP contribution in [0.25, 0.3) is 11.3 Å². The minimum Gasteiger partial charge on any atom is -0.407 e. The van der Waals surface area contributed by atoms with Crippen LogP contribution in [0.15, 0.2) is 30.3 Å². The second-order valence-electron chi connectivity index (χ2n) is 6.25. The van der Waals surface area contributed by atoms with E-state index in [0.29, 0.717) is 12.1 Å². The topological polar surface area (TPSA) is 47.3 Å². The van der Waals surface area contributed by atoms with Crippen LogP contribution in [0.3, 0.4) is 0 Å². The Morgan fingerprint density at radius 3 is 2.28 bits per heavy atom. The van der Waals surface area contributed by atoms with E-state index in [2.05, 4.69) is 17.1 Å². The van der Waals surface area contributed by atoms with Gasteiger partial charge in [0.05, 0.1) is 17.0 Å². The number of aliphatic hydroxyl groups excluding tert-OH is 1. The zero-order valence-electron chi connectivity index (χ0n) is 15.7. The molecule has 0 bridgehead atoms. The zero-order chi connectivity index (χ0) is 21.3. The highest BCUT2D eigenvalue weighted by molar-refractivity contribution is 5.67. The molecule has 4 nitrogen and oxygen atoms in total. The molecule has 3 rings (SSSR count). The summed E-state index contributed by atoms with van der Waals surface area (Å²) in [6.07, 6.45) is 0.514. The molecule has 150 valence electrons. The zero-order valence-corrected chi connectivity index (χ0v) is 15.7. The quantitative estimate of drug-likeness (QED) is 0.518. The molecule has 8 heteroatoms. The molecule has 1 unspecified atom stereocenters. The minimum atomic E-state index is -1.83. The Kier molecular flexibility index (Phi) is 5.62. The molecule has 0 aliphatic rings. The maximum absolute atomic E-state index is 14.8. The Labute approximate surface area is 164 Å². The van der Waals surface area contributed by atoms with Crippen molar-refractivity contribution in [2.75, 3.05) is 0 Å². The SMILES string of the molecule is CC#COc1ccc(-c2c(C(O)c3c(F)cc(F)cc3F)c(C)nn2C)c(F)c1. The molecular weight excluding hydrogens is 388 g/mol. The molecule has 3 aromatic rings. The summed E-state index contributed by atoms with van der Waals surface area (Å²) in [5.74, 6) is -1.67. The summed E-state index contributed by atoms with van der Waals surface area (Å²) >= 11 is 0. The van der Waals surface area contributed by atoms with E-state index in [1.807, 2.05) is 0 Å². The Morgan fingerprint density at radius 1 is 1.03 bits per heavy atom. The lowest BCUT2D eigenvalue weighted by Gasteiger charge is -2.16. The van der Waals surface area contributed by atoms with Crippen LogP contribution in [0.4, 0.5) is 17.6 Å². The highest BCUT2D eigenvalue weighted by Gasteiger charge is 2.29. The number of aryl methyl sites for hydroxylation is 2. The van der Waals surface area contributed by atoms with Gasteiger partial charge in [0, 0.05) is 43.3 Å². The maximum atomic E-state index is 14.8. The number of hydrogen-bond acceptors (Lipinski definition) is 3. The molecule has 1 aromatic heterocycles. The number of rotatable bonds is 4. The molecule has 0 amide bonds. The summed E-state index contributed by atoms with van der Waals surface area (Å²) in [5, 5.41) is 14.9. The van der Waals surface area contributed by atoms with Gasteiger partial charge in [-0.15, -0.1) is 0 Å². The van der Waals surface area contributed by atoms with E-state index in [0.717, 1.165) is 6.07 Å². The van der Waals surface area contributed by atoms with Crippen molar-refractivity contribution in [3.05, 3.63) is 70.4 Å². The van der Waals surface area contributed by atoms with E-state index in [9.17, 15) is 22.7 Å². The fourth-order valence-corrected chi connectivity index (χ4v) is 3.14. The van der Waals surface area contributed by atoms with Gasteiger partial charge in [-0.25, -0.2) is 17.6 Å². The molecule has 2 aromatic carbocycles. The average molecular weight is 404 g/mol. The van der Waals surface area contributed by atoms with Crippen LogP contribution in [0.2, 0.25) is 0 Å². The summed E-state index contributed by atoms with van der Waals surface area (Å²) in [5.41, 5.74) is -0.375. The normalized spacial score (nSPS) is 11.7. The van der Waals surface area contributed by atoms with Crippen molar-refractivity contribution in [3.8, 4) is 29.0 Å². The molecule has 0 aliphatic carbocycles. The van der Waals surface area contributed by atoms with Crippen molar-refractivity contribution in [1.29, 1.82) is 0 Å². The van der Waals surface area contributed by atoms with Crippen LogP contribution in [-0.4, -0.2) is 14.9 Å². The third-order valence-electron chi connectivity index (χ3n) is 4.33. The number of nitrogens with zero attached hydrogens (tertiary/aromatic N) is 2. The molecule has 1 atom stereocenters. The lowest BCUT2D eigenvalue weighted by atomic mass is 9.95. The molecule has 1 N–H and O–H groups in total. The maximum Gasteiger partial charge on any atom is 0.143 e. The smallest absolute Gasteiger partial charge is 0.143 e. The molecule has 0 radical (unpaired) electrons. The molecule has 1 heterocycles. The first-order chi connectivity index (χ1) is 13.7. The van der Waals surface area contributed by atoms with Crippen molar-refractivity contribution in [2.45, 2.75) is 20.0 Å². The first-order valence-electron chi connectivity index (χ1n) is 8.49. The Balaban J connectivity index is 2.16. The Morgan fingerprint density at radius 2 is 1.69 bits per heavy atom. The molecule has 0 aliphatic heterocycles. The Bertz CT molecular complexity index is 1120. The first-order valence-corrected chi connectivity index (χ1v) is 8.49. The highest BCUT2D eigenvalue weighted by atomic mass is 19.1. The largest absolute Gasteiger partial charge is 0.407 e. The van der Waals surface area contributed by atoms with Crippen LogP contribution in [-0.2, 0) is 7.05 Å². The van der Waals surface area contributed by atoms with Crippen LogP contribution in [0.1, 0.15) is 29.8 Å². The predicted octanol–water partition coefficient (Wildman–Crippen LogP) is 4.39. The molecule has 29 heavy (non-hydrogen) atoms. The molecule has 0 fully saturated rings. The van der Waals surface area contributed by atoms with Gasteiger partial charge in [-0.1, -0.05) is 5.92 Å². The van der Waals surface area contributed by atoms with Crippen molar-refractivity contribution in [3.63, 3.8) is 0 Å². The van der Waals surface area contributed by atoms with Crippen molar-refractivity contribution < 1.29 is 27.4 Å². The number of halogens is 4. The van der Waals surface area contributed by atoms with Crippen LogP contribution < -0.4 is 4.74 Å². The van der Waals surface area contributed by atoms with E-state index in [4.69, 9.17) is 4.74 Å². The molecule has 0 saturated heterocycles. The number of benzene rings is 2.